The van der Waals surface area contributed by atoms with Crippen LogP contribution in [0.1, 0.15) is 33.3 Å². The smallest absolute Gasteiger partial charge is 0.341 e. The van der Waals surface area contributed by atoms with Crippen LogP contribution in [0.15, 0.2) is 48.5 Å². The Morgan fingerprint density at radius 2 is 1.86 bits per heavy atom. The fourth-order valence-electron chi connectivity index (χ4n) is 2.94. The monoisotopic (exact) mass is 379 g/mol. The van der Waals surface area contributed by atoms with Crippen molar-refractivity contribution in [2.24, 2.45) is 0 Å². The van der Waals surface area contributed by atoms with Crippen LogP contribution in [-0.4, -0.2) is 35.9 Å². The third kappa shape index (κ3) is 4.20. The summed E-state index contributed by atoms with van der Waals surface area (Å²) < 4.78 is 5.18. The maximum absolute atomic E-state index is 12.4. The summed E-state index contributed by atoms with van der Waals surface area (Å²) in [5.41, 5.74) is 2.82. The van der Waals surface area contributed by atoms with Crippen molar-refractivity contribution in [1.82, 2.24) is 10.3 Å². The van der Waals surface area contributed by atoms with E-state index >= 15 is 0 Å². The van der Waals surface area contributed by atoms with Crippen molar-refractivity contribution in [3.05, 3.63) is 65.4 Å². The van der Waals surface area contributed by atoms with Crippen molar-refractivity contribution in [3.8, 4) is 0 Å². The molecule has 2 amide bonds. The van der Waals surface area contributed by atoms with Crippen LogP contribution in [0.25, 0.3) is 10.9 Å². The number of H-pyrrole nitrogens is 1. The zero-order valence-corrected chi connectivity index (χ0v) is 15.7. The number of para-hydroxylation sites is 1. The highest BCUT2D eigenvalue weighted by Gasteiger charge is 2.18. The maximum Gasteiger partial charge on any atom is 0.341 e. The van der Waals surface area contributed by atoms with Gasteiger partial charge in [-0.3, -0.25) is 9.59 Å². The van der Waals surface area contributed by atoms with E-state index in [4.69, 9.17) is 4.74 Å². The van der Waals surface area contributed by atoms with E-state index in [1.54, 1.807) is 31.2 Å². The van der Waals surface area contributed by atoms with Crippen LogP contribution in [0.4, 0.5) is 5.69 Å². The third-order valence-corrected chi connectivity index (χ3v) is 4.18. The SMILES string of the molecule is CCNC(=O)c1cccc(NC(=O)COC(=O)c2c(C)[nH]c3ccccc23)c1. The van der Waals surface area contributed by atoms with Gasteiger partial charge in [-0.15, -0.1) is 0 Å². The number of aromatic amines is 1. The summed E-state index contributed by atoms with van der Waals surface area (Å²) in [6.07, 6.45) is 0. The fourth-order valence-corrected chi connectivity index (χ4v) is 2.94. The molecule has 0 unspecified atom stereocenters. The van der Waals surface area contributed by atoms with Crippen molar-refractivity contribution < 1.29 is 19.1 Å². The minimum Gasteiger partial charge on any atom is -0.452 e. The summed E-state index contributed by atoms with van der Waals surface area (Å²) in [7, 11) is 0. The van der Waals surface area contributed by atoms with Crippen molar-refractivity contribution >= 4 is 34.4 Å². The first-order valence-electron chi connectivity index (χ1n) is 8.92. The van der Waals surface area contributed by atoms with Crippen molar-refractivity contribution in [2.45, 2.75) is 13.8 Å². The minimum absolute atomic E-state index is 0.222. The van der Waals surface area contributed by atoms with Crippen LogP contribution in [-0.2, 0) is 9.53 Å². The number of rotatable bonds is 6. The molecule has 28 heavy (non-hydrogen) atoms. The van der Waals surface area contributed by atoms with Crippen LogP contribution < -0.4 is 10.6 Å². The number of amides is 2. The van der Waals surface area contributed by atoms with E-state index in [9.17, 15) is 14.4 Å². The van der Waals surface area contributed by atoms with Crippen LogP contribution >= 0.6 is 0 Å². The Balaban J connectivity index is 1.63. The van der Waals surface area contributed by atoms with Gasteiger partial charge in [-0.25, -0.2) is 4.79 Å². The molecule has 3 rings (SSSR count). The first-order valence-corrected chi connectivity index (χ1v) is 8.92. The van der Waals surface area contributed by atoms with Crippen molar-refractivity contribution in [2.75, 3.05) is 18.5 Å². The Kier molecular flexibility index (Phi) is 5.74. The first-order chi connectivity index (χ1) is 13.5. The first kappa shape index (κ1) is 19.2. The van der Waals surface area contributed by atoms with Gasteiger partial charge in [-0.2, -0.15) is 0 Å². The summed E-state index contributed by atoms with van der Waals surface area (Å²) in [6, 6.07) is 13.9. The third-order valence-electron chi connectivity index (χ3n) is 4.18. The number of benzene rings is 2. The lowest BCUT2D eigenvalue weighted by molar-refractivity contribution is -0.119. The normalized spacial score (nSPS) is 10.5. The van der Waals surface area contributed by atoms with Crippen molar-refractivity contribution in [1.29, 1.82) is 0 Å². The molecule has 3 aromatic rings. The van der Waals surface area contributed by atoms with E-state index in [2.05, 4.69) is 15.6 Å². The van der Waals surface area contributed by atoms with Crippen LogP contribution in [0.3, 0.4) is 0 Å². The van der Waals surface area contributed by atoms with E-state index in [0.29, 0.717) is 29.1 Å². The molecule has 0 saturated carbocycles. The Morgan fingerprint density at radius 1 is 1.07 bits per heavy atom. The molecule has 7 heteroatoms. The minimum atomic E-state index is -0.568. The topological polar surface area (TPSA) is 100 Å². The molecule has 0 aliphatic rings. The van der Waals surface area contributed by atoms with Gasteiger partial charge in [0.25, 0.3) is 11.8 Å². The molecule has 7 nitrogen and oxygen atoms in total. The van der Waals surface area contributed by atoms with E-state index in [-0.39, 0.29) is 5.91 Å². The molecular formula is C21H21N3O4. The number of hydrogen-bond acceptors (Lipinski definition) is 4. The molecule has 0 fully saturated rings. The molecular weight excluding hydrogens is 358 g/mol. The van der Waals surface area contributed by atoms with Gasteiger partial charge in [0.05, 0.1) is 5.56 Å². The lowest BCUT2D eigenvalue weighted by atomic mass is 10.1. The lowest BCUT2D eigenvalue weighted by Gasteiger charge is -2.08. The number of esters is 1. The van der Waals surface area contributed by atoms with Crippen LogP contribution in [0, 0.1) is 6.92 Å². The van der Waals surface area contributed by atoms with Gasteiger partial charge in [-0.05, 0) is 38.1 Å². The highest BCUT2D eigenvalue weighted by atomic mass is 16.5. The largest absolute Gasteiger partial charge is 0.452 e. The Hall–Kier alpha value is -3.61. The van der Waals surface area contributed by atoms with Gasteiger partial charge < -0.3 is 20.4 Å². The number of carbonyl (C=O) groups excluding carboxylic acids is 3. The highest BCUT2D eigenvalue weighted by Crippen LogP contribution is 2.22. The van der Waals surface area contributed by atoms with E-state index in [0.717, 1.165) is 10.9 Å². The molecule has 0 bridgehead atoms. The van der Waals surface area contributed by atoms with Gasteiger partial charge in [0, 0.05) is 34.4 Å². The lowest BCUT2D eigenvalue weighted by Crippen LogP contribution is -2.23. The molecule has 0 atom stereocenters. The summed E-state index contributed by atoms with van der Waals surface area (Å²) in [6.45, 7) is 3.69. The fraction of sp³-hybridized carbons (Fsp3) is 0.190. The van der Waals surface area contributed by atoms with Gasteiger partial charge >= 0.3 is 5.97 Å². The zero-order valence-electron chi connectivity index (χ0n) is 15.7. The number of ether oxygens (including phenoxy) is 1. The molecule has 1 heterocycles. The van der Waals surface area contributed by atoms with Crippen molar-refractivity contribution in [3.63, 3.8) is 0 Å². The molecule has 0 spiro atoms. The molecule has 0 radical (unpaired) electrons. The van der Waals surface area contributed by atoms with Crippen LogP contribution in [0.5, 0.6) is 0 Å². The molecule has 2 aromatic carbocycles. The number of nitrogens with one attached hydrogen (secondary N) is 3. The number of aryl methyl sites for hydroxylation is 1. The quantitative estimate of drug-likeness (QED) is 0.573. The summed E-state index contributed by atoms with van der Waals surface area (Å²) in [5.74, 6) is -1.28. The number of hydrogen-bond donors (Lipinski definition) is 3. The van der Waals surface area contributed by atoms with Gasteiger partial charge in [0.2, 0.25) is 0 Å². The molecule has 0 saturated heterocycles. The van der Waals surface area contributed by atoms with E-state index in [1.807, 2.05) is 31.2 Å². The molecule has 1 aromatic heterocycles. The Morgan fingerprint density at radius 3 is 2.64 bits per heavy atom. The second-order valence-corrected chi connectivity index (χ2v) is 6.24. The summed E-state index contributed by atoms with van der Waals surface area (Å²) in [5, 5.41) is 6.07. The number of fused-ring (bicyclic) bond motifs is 1. The van der Waals surface area contributed by atoms with Gasteiger partial charge in [-0.1, -0.05) is 24.3 Å². The number of anilines is 1. The second-order valence-electron chi connectivity index (χ2n) is 6.24. The second kappa shape index (κ2) is 8.39. The average molecular weight is 379 g/mol. The molecule has 3 N–H and O–H groups in total. The molecule has 0 aliphatic heterocycles. The maximum atomic E-state index is 12.4. The summed E-state index contributed by atoms with van der Waals surface area (Å²) in [4.78, 5) is 39.6. The number of aromatic nitrogens is 1. The highest BCUT2D eigenvalue weighted by molar-refractivity contribution is 6.06. The Labute approximate surface area is 162 Å². The molecule has 144 valence electrons. The van der Waals surface area contributed by atoms with E-state index < -0.39 is 18.5 Å². The average Bonchev–Trinajstić information content (AvgIpc) is 3.02. The predicted molar refractivity (Wildman–Crippen MR) is 106 cm³/mol. The Bertz CT molecular complexity index is 1040. The molecule has 0 aliphatic carbocycles. The predicted octanol–water partition coefficient (Wildman–Crippen LogP) is 3.02. The van der Waals surface area contributed by atoms with Gasteiger partial charge in [0.15, 0.2) is 6.61 Å². The number of carbonyl (C=O) groups is 3. The summed E-state index contributed by atoms with van der Waals surface area (Å²) >= 11 is 0. The zero-order chi connectivity index (χ0) is 20.1. The van der Waals surface area contributed by atoms with E-state index in [1.165, 1.54) is 0 Å². The standard InChI is InChI=1S/C21H21N3O4/c1-3-22-20(26)14-7-6-8-15(11-14)24-18(25)12-28-21(27)19-13(2)23-17-10-5-4-9-16(17)19/h4-11,23H,3,12H2,1-2H3,(H,22,26)(H,24,25). The van der Waals surface area contributed by atoms with Crippen LogP contribution in [0.2, 0.25) is 0 Å². The van der Waals surface area contributed by atoms with Gasteiger partial charge in [0.1, 0.15) is 0 Å².